The van der Waals surface area contributed by atoms with E-state index < -0.39 is 18.1 Å². The molecule has 0 fully saturated rings. The van der Waals surface area contributed by atoms with E-state index in [-0.39, 0.29) is 12.2 Å². The molecule has 100 valence electrons. The molecule has 2 nitrogen and oxygen atoms in total. The van der Waals surface area contributed by atoms with Crippen molar-refractivity contribution < 1.29 is 22.7 Å². The van der Waals surface area contributed by atoms with Crippen LogP contribution in [0.5, 0.6) is 0 Å². The second kappa shape index (κ2) is 6.42. The van der Waals surface area contributed by atoms with Gasteiger partial charge < -0.3 is 4.74 Å². The lowest BCUT2D eigenvalue weighted by atomic mass is 9.99. The molecule has 0 heterocycles. The van der Waals surface area contributed by atoms with E-state index in [0.717, 1.165) is 6.42 Å². The molecule has 1 rings (SSSR count). The Morgan fingerprint density at radius 1 is 1.28 bits per heavy atom. The molecule has 18 heavy (non-hydrogen) atoms. The topological polar surface area (TPSA) is 26.3 Å². The number of carbonyl (C=O) groups excluding carboxylic acids is 1. The lowest BCUT2D eigenvalue weighted by Crippen LogP contribution is -2.30. The molecule has 0 amide bonds. The highest BCUT2D eigenvalue weighted by molar-refractivity contribution is 5.79. The van der Waals surface area contributed by atoms with Crippen LogP contribution in [0.15, 0.2) is 30.3 Å². The van der Waals surface area contributed by atoms with Gasteiger partial charge in [-0.2, -0.15) is 13.2 Å². The number of carbonyl (C=O) groups is 1. The van der Waals surface area contributed by atoms with E-state index in [2.05, 4.69) is 4.74 Å². The van der Waals surface area contributed by atoms with Crippen LogP contribution in [0.25, 0.3) is 0 Å². The van der Waals surface area contributed by atoms with Gasteiger partial charge >= 0.3 is 12.1 Å². The minimum atomic E-state index is -4.63. The highest BCUT2D eigenvalue weighted by atomic mass is 19.4. The van der Waals surface area contributed by atoms with Crippen LogP contribution in [0.1, 0.15) is 31.2 Å². The van der Waals surface area contributed by atoms with E-state index >= 15 is 0 Å². The molecule has 1 aromatic carbocycles. The molecular weight excluding hydrogens is 245 g/mol. The first-order chi connectivity index (χ1) is 8.46. The number of unbranched alkanes of at least 4 members (excludes halogenated alkanes) is 1. The molecule has 0 N–H and O–H groups in total. The van der Waals surface area contributed by atoms with Crippen LogP contribution in [-0.2, 0) is 9.53 Å². The maximum Gasteiger partial charge on any atom is 0.406 e. The zero-order valence-electron chi connectivity index (χ0n) is 10.0. The van der Waals surface area contributed by atoms with E-state index in [0.29, 0.717) is 6.42 Å². The minimum absolute atomic E-state index is 0.0226. The van der Waals surface area contributed by atoms with Crippen LogP contribution < -0.4 is 0 Å². The van der Waals surface area contributed by atoms with Crippen molar-refractivity contribution in [3.63, 3.8) is 0 Å². The van der Waals surface area contributed by atoms with Gasteiger partial charge in [-0.15, -0.1) is 0 Å². The summed E-state index contributed by atoms with van der Waals surface area (Å²) in [6, 6.07) is 7.08. The van der Waals surface area contributed by atoms with Crippen molar-refractivity contribution >= 4 is 5.97 Å². The molecular formula is C13H15F3O2. The Labute approximate surface area is 104 Å². The lowest BCUT2D eigenvalue weighted by Gasteiger charge is -2.19. The molecule has 0 spiro atoms. The summed E-state index contributed by atoms with van der Waals surface area (Å²) < 4.78 is 43.3. The van der Waals surface area contributed by atoms with Crippen LogP contribution in [0.3, 0.4) is 0 Å². The van der Waals surface area contributed by atoms with Crippen molar-refractivity contribution in [1.82, 2.24) is 0 Å². The summed E-state index contributed by atoms with van der Waals surface area (Å²) in [4.78, 5) is 11.5. The van der Waals surface area contributed by atoms with Gasteiger partial charge in [0.25, 0.3) is 0 Å². The molecule has 0 aliphatic heterocycles. The molecule has 0 aliphatic carbocycles. The molecule has 0 saturated carbocycles. The smallest absolute Gasteiger partial charge is 0.406 e. The molecule has 0 saturated heterocycles. The van der Waals surface area contributed by atoms with Crippen LogP contribution >= 0.6 is 0 Å². The van der Waals surface area contributed by atoms with Crippen molar-refractivity contribution in [2.45, 2.75) is 31.9 Å². The largest absolute Gasteiger partial charge is 0.465 e. The van der Waals surface area contributed by atoms with Crippen LogP contribution in [-0.4, -0.2) is 18.8 Å². The summed E-state index contributed by atoms with van der Waals surface area (Å²) in [5, 5.41) is 0. The van der Waals surface area contributed by atoms with Gasteiger partial charge in [-0.3, -0.25) is 4.79 Å². The normalized spacial score (nSPS) is 13.1. The Hall–Kier alpha value is -1.52. The molecule has 1 atom stereocenters. The number of hydrogen-bond donors (Lipinski definition) is 0. The number of benzene rings is 1. The van der Waals surface area contributed by atoms with Gasteiger partial charge in [-0.1, -0.05) is 43.7 Å². The number of alkyl halides is 3. The van der Waals surface area contributed by atoms with Gasteiger partial charge in [-0.05, 0) is 12.0 Å². The average Bonchev–Trinajstić information content (AvgIpc) is 2.29. The molecule has 0 aromatic heterocycles. The summed E-state index contributed by atoms with van der Waals surface area (Å²) >= 11 is 0. The highest BCUT2D eigenvalue weighted by Crippen LogP contribution is 2.35. The second-order valence-corrected chi connectivity index (χ2v) is 3.91. The maximum absolute atomic E-state index is 12.9. The average molecular weight is 260 g/mol. The van der Waals surface area contributed by atoms with Crippen molar-refractivity contribution in [3.8, 4) is 0 Å². The first-order valence-corrected chi connectivity index (χ1v) is 5.75. The van der Waals surface area contributed by atoms with Gasteiger partial charge in [0.15, 0.2) is 5.92 Å². The summed E-state index contributed by atoms with van der Waals surface area (Å²) in [5.41, 5.74) is -0.0912. The fraction of sp³-hybridized carbons (Fsp3) is 0.462. The standard InChI is InChI=1S/C13H15F3O2/c1-2-3-9-18-12(17)11(13(14,15)16)10-7-5-4-6-8-10/h4-8,11H,2-3,9H2,1H3. The number of rotatable bonds is 5. The van der Waals surface area contributed by atoms with Gasteiger partial charge in [0.1, 0.15) is 0 Å². The molecule has 0 radical (unpaired) electrons. The molecule has 0 aliphatic rings. The molecule has 0 bridgehead atoms. The molecule has 1 aromatic rings. The first-order valence-electron chi connectivity index (χ1n) is 5.75. The number of halogens is 3. The van der Waals surface area contributed by atoms with E-state index in [9.17, 15) is 18.0 Å². The summed E-state index contributed by atoms with van der Waals surface area (Å²) in [5.74, 6) is -3.43. The van der Waals surface area contributed by atoms with E-state index in [1.54, 1.807) is 6.07 Å². The van der Waals surface area contributed by atoms with E-state index in [1.165, 1.54) is 24.3 Å². The number of ether oxygens (including phenoxy) is 1. The Bertz CT molecular complexity index is 374. The first kappa shape index (κ1) is 14.5. The zero-order valence-corrected chi connectivity index (χ0v) is 10.0. The van der Waals surface area contributed by atoms with Crippen LogP contribution in [0.2, 0.25) is 0 Å². The maximum atomic E-state index is 12.9. The predicted molar refractivity (Wildman–Crippen MR) is 61.1 cm³/mol. The Morgan fingerprint density at radius 2 is 1.89 bits per heavy atom. The van der Waals surface area contributed by atoms with Crippen LogP contribution in [0.4, 0.5) is 13.2 Å². The number of hydrogen-bond acceptors (Lipinski definition) is 2. The van der Waals surface area contributed by atoms with Crippen molar-refractivity contribution in [2.24, 2.45) is 0 Å². The van der Waals surface area contributed by atoms with Gasteiger partial charge in [-0.25, -0.2) is 0 Å². The molecule has 1 unspecified atom stereocenters. The van der Waals surface area contributed by atoms with Gasteiger partial charge in [0.05, 0.1) is 6.61 Å². The Kier molecular flexibility index (Phi) is 5.19. The summed E-state index contributed by atoms with van der Waals surface area (Å²) in [7, 11) is 0. The van der Waals surface area contributed by atoms with E-state index in [1.807, 2.05) is 6.92 Å². The Balaban J connectivity index is 2.83. The quantitative estimate of drug-likeness (QED) is 0.596. The zero-order chi connectivity index (χ0) is 13.6. The predicted octanol–water partition coefficient (Wildman–Crippen LogP) is 3.68. The lowest BCUT2D eigenvalue weighted by molar-refractivity contribution is -0.181. The fourth-order valence-electron chi connectivity index (χ4n) is 1.50. The minimum Gasteiger partial charge on any atom is -0.465 e. The third-order valence-corrected chi connectivity index (χ3v) is 2.44. The second-order valence-electron chi connectivity index (χ2n) is 3.91. The van der Waals surface area contributed by atoms with Crippen molar-refractivity contribution in [2.75, 3.05) is 6.61 Å². The van der Waals surface area contributed by atoms with Gasteiger partial charge in [0.2, 0.25) is 0 Å². The fourth-order valence-corrected chi connectivity index (χ4v) is 1.50. The van der Waals surface area contributed by atoms with Crippen molar-refractivity contribution in [3.05, 3.63) is 35.9 Å². The summed E-state index contributed by atoms with van der Waals surface area (Å²) in [6.07, 6.45) is -3.31. The van der Waals surface area contributed by atoms with E-state index in [4.69, 9.17) is 0 Å². The number of esters is 1. The monoisotopic (exact) mass is 260 g/mol. The van der Waals surface area contributed by atoms with Gasteiger partial charge in [0, 0.05) is 0 Å². The third kappa shape index (κ3) is 4.05. The van der Waals surface area contributed by atoms with Crippen molar-refractivity contribution in [1.29, 1.82) is 0 Å². The SMILES string of the molecule is CCCCOC(=O)C(c1ccccc1)C(F)(F)F. The summed E-state index contributed by atoms with van der Waals surface area (Å²) in [6.45, 7) is 1.89. The highest BCUT2D eigenvalue weighted by Gasteiger charge is 2.47. The Morgan fingerprint density at radius 3 is 2.39 bits per heavy atom. The third-order valence-electron chi connectivity index (χ3n) is 2.44. The van der Waals surface area contributed by atoms with Crippen LogP contribution in [0, 0.1) is 0 Å². The molecule has 5 heteroatoms.